The van der Waals surface area contributed by atoms with Crippen LogP contribution in [-0.4, -0.2) is 30.2 Å². The molecule has 1 aromatic carbocycles. The van der Waals surface area contributed by atoms with Gasteiger partial charge in [-0.1, -0.05) is 32.4 Å². The summed E-state index contributed by atoms with van der Waals surface area (Å²) < 4.78 is 37.6. The lowest BCUT2D eigenvalue weighted by Gasteiger charge is -2.34. The molecule has 0 aromatic heterocycles. The zero-order chi connectivity index (χ0) is 19.0. The van der Waals surface area contributed by atoms with Crippen molar-refractivity contribution in [3.05, 3.63) is 29.8 Å². The van der Waals surface area contributed by atoms with Crippen molar-refractivity contribution in [3.8, 4) is 5.75 Å². The Labute approximate surface area is 148 Å². The van der Waals surface area contributed by atoms with Crippen molar-refractivity contribution >= 4 is 5.97 Å². The summed E-state index contributed by atoms with van der Waals surface area (Å²) in [5, 5.41) is 11.0. The van der Waals surface area contributed by atoms with Crippen LogP contribution in [0.1, 0.15) is 52.5 Å². The third kappa shape index (κ3) is 5.39. The summed E-state index contributed by atoms with van der Waals surface area (Å²) in [5.74, 6) is -2.44. The first-order chi connectivity index (χ1) is 11.8. The van der Waals surface area contributed by atoms with Gasteiger partial charge in [-0.3, -0.25) is 4.79 Å². The molecular weight excluding hydrogens is 330 g/mol. The maximum Gasteiger partial charge on any atom is 0.318 e. The molecule has 1 aromatic rings. The van der Waals surface area contributed by atoms with Gasteiger partial charge in [-0.15, -0.1) is 0 Å². The van der Waals surface area contributed by atoms with Crippen molar-refractivity contribution in [2.75, 3.05) is 6.61 Å². The van der Waals surface area contributed by atoms with Crippen molar-refractivity contribution in [2.24, 2.45) is 5.92 Å². The predicted octanol–water partition coefficient (Wildman–Crippen LogP) is 4.30. The molecule has 0 saturated heterocycles. The first kappa shape index (κ1) is 21.4. The highest BCUT2D eigenvalue weighted by molar-refractivity contribution is 5.75. The Morgan fingerprint density at radius 1 is 1.20 bits per heavy atom. The highest BCUT2D eigenvalue weighted by atomic mass is 19.3. The fourth-order valence-electron chi connectivity index (χ4n) is 2.74. The number of ether oxygens (including phenoxy) is 2. The van der Waals surface area contributed by atoms with Gasteiger partial charge in [-0.25, -0.2) is 8.78 Å². The molecule has 0 aliphatic carbocycles. The Kier molecular flexibility index (Phi) is 8.29. The molecule has 0 heterocycles. The van der Waals surface area contributed by atoms with Crippen molar-refractivity contribution in [1.82, 2.24) is 0 Å². The fourth-order valence-corrected chi connectivity index (χ4v) is 2.74. The van der Waals surface area contributed by atoms with Gasteiger partial charge in [-0.2, -0.15) is 0 Å². The van der Waals surface area contributed by atoms with E-state index in [0.717, 1.165) is 6.42 Å². The van der Waals surface area contributed by atoms with Crippen LogP contribution in [0.15, 0.2) is 24.3 Å². The molecule has 0 amide bonds. The Morgan fingerprint density at radius 2 is 1.80 bits per heavy atom. The Bertz CT molecular complexity index is 533. The average molecular weight is 358 g/mol. The molecule has 142 valence electrons. The van der Waals surface area contributed by atoms with Gasteiger partial charge in [0.15, 0.2) is 5.92 Å². The minimum Gasteiger partial charge on any atom is -0.491 e. The van der Waals surface area contributed by atoms with Crippen LogP contribution >= 0.6 is 0 Å². The first-order valence-electron chi connectivity index (χ1n) is 8.74. The van der Waals surface area contributed by atoms with E-state index < -0.39 is 23.9 Å². The topological polar surface area (TPSA) is 55.8 Å². The smallest absolute Gasteiger partial charge is 0.318 e. The number of benzene rings is 1. The molecule has 1 rings (SSSR count). The molecule has 1 N–H and O–H groups in total. The zero-order valence-electron chi connectivity index (χ0n) is 15.3. The first-order valence-corrected chi connectivity index (χ1v) is 8.74. The normalized spacial score (nSPS) is 16.2. The van der Waals surface area contributed by atoms with Crippen molar-refractivity contribution in [3.63, 3.8) is 0 Å². The van der Waals surface area contributed by atoms with Crippen LogP contribution in [0.3, 0.4) is 0 Å². The molecule has 3 atom stereocenters. The molecule has 0 radical (unpaired) electrons. The van der Waals surface area contributed by atoms with Gasteiger partial charge < -0.3 is 14.6 Å². The fraction of sp³-hybridized carbons (Fsp3) is 0.632. The number of carbonyl (C=O) groups is 1. The molecule has 0 fully saturated rings. The minimum atomic E-state index is -3.04. The highest BCUT2D eigenvalue weighted by Crippen LogP contribution is 2.39. The molecule has 6 heteroatoms. The summed E-state index contributed by atoms with van der Waals surface area (Å²) in [4.78, 5) is 12.0. The van der Waals surface area contributed by atoms with Crippen LogP contribution < -0.4 is 4.74 Å². The summed E-state index contributed by atoms with van der Waals surface area (Å²) in [5.41, 5.74) is -1.74. The molecule has 3 unspecified atom stereocenters. The van der Waals surface area contributed by atoms with E-state index in [9.17, 15) is 18.7 Å². The van der Waals surface area contributed by atoms with Crippen LogP contribution in [0.5, 0.6) is 5.75 Å². The van der Waals surface area contributed by atoms with Gasteiger partial charge in [0.1, 0.15) is 11.4 Å². The van der Waals surface area contributed by atoms with Gasteiger partial charge >= 0.3 is 5.97 Å². The van der Waals surface area contributed by atoms with E-state index in [-0.39, 0.29) is 24.7 Å². The molecule has 0 aliphatic heterocycles. The Hall–Kier alpha value is -1.69. The van der Waals surface area contributed by atoms with Crippen molar-refractivity contribution < 1.29 is 28.2 Å². The molecule has 4 nitrogen and oxygen atoms in total. The number of alkyl halides is 2. The summed E-state index contributed by atoms with van der Waals surface area (Å²) in [6, 6.07) is 6.30. The summed E-state index contributed by atoms with van der Waals surface area (Å²) >= 11 is 0. The predicted molar refractivity (Wildman–Crippen MR) is 91.8 cm³/mol. The SMILES string of the molecule is CCCC(O)(c1ccc(OC(C)CC)cc1)C(C(=O)OCC)C(F)F. The molecular formula is C19H28F2O4. The van der Waals surface area contributed by atoms with E-state index in [2.05, 4.69) is 0 Å². The van der Waals surface area contributed by atoms with Crippen molar-refractivity contribution in [2.45, 2.75) is 65.1 Å². The van der Waals surface area contributed by atoms with E-state index in [1.165, 1.54) is 12.1 Å². The standard InChI is InChI=1S/C19H28F2O4/c1-5-12-19(23,16(17(20)21)18(22)24-7-3)14-8-10-15(11-9-14)25-13(4)6-2/h8-11,13,16-17,23H,5-7,12H2,1-4H3. The maximum atomic E-state index is 13.6. The van der Waals surface area contributed by atoms with Crippen molar-refractivity contribution in [1.29, 1.82) is 0 Å². The monoisotopic (exact) mass is 358 g/mol. The maximum absolute atomic E-state index is 13.6. The van der Waals surface area contributed by atoms with Crippen LogP contribution in [0.2, 0.25) is 0 Å². The van der Waals surface area contributed by atoms with Gasteiger partial charge in [0, 0.05) is 0 Å². The van der Waals surface area contributed by atoms with E-state index in [1.807, 2.05) is 13.8 Å². The van der Waals surface area contributed by atoms with Gasteiger partial charge in [0.05, 0.1) is 12.7 Å². The quantitative estimate of drug-likeness (QED) is 0.634. The number of aliphatic hydroxyl groups is 1. The number of hydrogen-bond acceptors (Lipinski definition) is 4. The second-order valence-corrected chi connectivity index (χ2v) is 6.10. The molecule has 0 bridgehead atoms. The lowest BCUT2D eigenvalue weighted by Crippen LogP contribution is -2.45. The van der Waals surface area contributed by atoms with Gasteiger partial charge in [0.25, 0.3) is 6.43 Å². The van der Waals surface area contributed by atoms with Gasteiger partial charge in [0.2, 0.25) is 0 Å². The third-order valence-corrected chi connectivity index (χ3v) is 4.20. The lowest BCUT2D eigenvalue weighted by atomic mass is 9.78. The second kappa shape index (κ2) is 9.70. The summed E-state index contributed by atoms with van der Waals surface area (Å²) in [7, 11) is 0. The Morgan fingerprint density at radius 3 is 2.24 bits per heavy atom. The zero-order valence-corrected chi connectivity index (χ0v) is 15.3. The number of carbonyl (C=O) groups excluding carboxylic acids is 1. The van der Waals surface area contributed by atoms with Crippen LogP contribution in [-0.2, 0) is 15.1 Å². The number of esters is 1. The molecule has 0 spiro atoms. The van der Waals surface area contributed by atoms with Gasteiger partial charge in [-0.05, 0) is 44.4 Å². The Balaban J connectivity index is 3.19. The number of halogens is 2. The minimum absolute atomic E-state index is 0.0202. The van der Waals surface area contributed by atoms with E-state index >= 15 is 0 Å². The van der Waals surface area contributed by atoms with E-state index in [4.69, 9.17) is 9.47 Å². The number of rotatable bonds is 10. The second-order valence-electron chi connectivity index (χ2n) is 6.10. The highest BCUT2D eigenvalue weighted by Gasteiger charge is 2.48. The van der Waals surface area contributed by atoms with E-state index in [1.54, 1.807) is 26.0 Å². The lowest BCUT2D eigenvalue weighted by molar-refractivity contribution is -0.173. The van der Waals surface area contributed by atoms with Crippen LogP contribution in [0, 0.1) is 5.92 Å². The van der Waals surface area contributed by atoms with E-state index in [0.29, 0.717) is 12.2 Å². The molecule has 25 heavy (non-hydrogen) atoms. The van der Waals surface area contributed by atoms with Crippen LogP contribution in [0.25, 0.3) is 0 Å². The summed E-state index contributed by atoms with van der Waals surface area (Å²) in [6.07, 6.45) is -1.73. The number of hydrogen-bond donors (Lipinski definition) is 1. The largest absolute Gasteiger partial charge is 0.491 e. The molecule has 0 aliphatic rings. The average Bonchev–Trinajstić information content (AvgIpc) is 2.55. The summed E-state index contributed by atoms with van der Waals surface area (Å²) in [6.45, 7) is 7.20. The third-order valence-electron chi connectivity index (χ3n) is 4.20. The van der Waals surface area contributed by atoms with Crippen LogP contribution in [0.4, 0.5) is 8.78 Å². The molecule has 0 saturated carbocycles.